The Hall–Kier alpha value is -3.08. The predicted octanol–water partition coefficient (Wildman–Crippen LogP) is 4.55. The molecule has 0 unspecified atom stereocenters. The minimum absolute atomic E-state index is 0.379. The lowest BCUT2D eigenvalue weighted by atomic mass is 9.99. The van der Waals surface area contributed by atoms with Crippen LogP contribution in [0.5, 0.6) is 5.88 Å². The standard InChI is InChI=1S/C22H25N3O2/c1-14(2)13-20-21(17-7-9-18(23)10-8-17)22(27-16(4)26)25(24-20)19-11-5-15(3)6-12-19/h5-12,14H,13,23H2,1-4H3. The summed E-state index contributed by atoms with van der Waals surface area (Å²) < 4.78 is 7.35. The van der Waals surface area contributed by atoms with Crippen LogP contribution in [0.2, 0.25) is 0 Å². The first-order valence-electron chi connectivity index (χ1n) is 9.08. The Labute approximate surface area is 159 Å². The van der Waals surface area contributed by atoms with Crippen LogP contribution in [-0.4, -0.2) is 15.7 Å². The first kappa shape index (κ1) is 18.7. The molecule has 140 valence electrons. The molecule has 27 heavy (non-hydrogen) atoms. The van der Waals surface area contributed by atoms with E-state index in [0.717, 1.165) is 34.5 Å². The van der Waals surface area contributed by atoms with Crippen LogP contribution in [0.1, 0.15) is 32.0 Å². The molecule has 5 heteroatoms. The maximum atomic E-state index is 11.8. The molecule has 0 saturated heterocycles. The number of nitrogen functional groups attached to an aromatic ring is 1. The van der Waals surface area contributed by atoms with Gasteiger partial charge in [-0.1, -0.05) is 43.7 Å². The molecule has 1 aromatic heterocycles. The molecule has 0 bridgehead atoms. The van der Waals surface area contributed by atoms with Crippen molar-refractivity contribution < 1.29 is 9.53 Å². The van der Waals surface area contributed by atoms with Gasteiger partial charge in [0.1, 0.15) is 0 Å². The number of rotatable bonds is 5. The van der Waals surface area contributed by atoms with Crippen molar-refractivity contribution in [1.82, 2.24) is 9.78 Å². The fourth-order valence-electron chi connectivity index (χ4n) is 3.01. The Balaban J connectivity index is 2.25. The lowest BCUT2D eigenvalue weighted by Gasteiger charge is -2.10. The number of carbonyl (C=O) groups excluding carboxylic acids is 1. The highest BCUT2D eigenvalue weighted by molar-refractivity contribution is 5.78. The number of nitrogens with two attached hydrogens (primary N) is 1. The Kier molecular flexibility index (Phi) is 5.31. The van der Waals surface area contributed by atoms with E-state index < -0.39 is 0 Å². The van der Waals surface area contributed by atoms with Gasteiger partial charge in [-0.3, -0.25) is 4.79 Å². The number of aromatic nitrogens is 2. The SMILES string of the molecule is CC(=O)Oc1c(-c2ccc(N)cc2)c(CC(C)C)nn1-c1ccc(C)cc1. The zero-order valence-corrected chi connectivity index (χ0v) is 16.2. The minimum atomic E-state index is -0.379. The molecule has 5 nitrogen and oxygen atoms in total. The Morgan fingerprint density at radius 3 is 2.30 bits per heavy atom. The van der Waals surface area contributed by atoms with Gasteiger partial charge in [0.25, 0.3) is 0 Å². The van der Waals surface area contributed by atoms with Crippen LogP contribution < -0.4 is 10.5 Å². The van der Waals surface area contributed by atoms with Crippen LogP contribution in [-0.2, 0) is 11.2 Å². The summed E-state index contributed by atoms with van der Waals surface area (Å²) in [6, 6.07) is 15.5. The third-order valence-electron chi connectivity index (χ3n) is 4.24. The lowest BCUT2D eigenvalue weighted by molar-refractivity contribution is -0.132. The van der Waals surface area contributed by atoms with E-state index in [1.165, 1.54) is 6.92 Å². The molecule has 3 aromatic rings. The molecule has 0 aliphatic carbocycles. The van der Waals surface area contributed by atoms with Gasteiger partial charge in [-0.15, -0.1) is 0 Å². The average molecular weight is 363 g/mol. The lowest BCUT2D eigenvalue weighted by Crippen LogP contribution is -2.08. The molecule has 0 amide bonds. The first-order valence-corrected chi connectivity index (χ1v) is 9.08. The number of benzene rings is 2. The van der Waals surface area contributed by atoms with E-state index in [1.807, 2.05) is 55.5 Å². The van der Waals surface area contributed by atoms with Crippen molar-refractivity contribution in [2.24, 2.45) is 5.92 Å². The summed E-state index contributed by atoms with van der Waals surface area (Å²) >= 11 is 0. The fourth-order valence-corrected chi connectivity index (χ4v) is 3.01. The summed E-state index contributed by atoms with van der Waals surface area (Å²) in [5.41, 5.74) is 11.2. The number of aryl methyl sites for hydroxylation is 1. The number of hydrogen-bond acceptors (Lipinski definition) is 4. The van der Waals surface area contributed by atoms with Gasteiger partial charge in [0.05, 0.1) is 16.9 Å². The van der Waals surface area contributed by atoms with Gasteiger partial charge >= 0.3 is 5.97 Å². The summed E-state index contributed by atoms with van der Waals surface area (Å²) in [6.45, 7) is 7.72. The average Bonchev–Trinajstić information content (AvgIpc) is 2.93. The second-order valence-electron chi connectivity index (χ2n) is 7.19. The van der Waals surface area contributed by atoms with Crippen molar-refractivity contribution in [2.75, 3.05) is 5.73 Å². The molecule has 0 aliphatic rings. The highest BCUT2D eigenvalue weighted by atomic mass is 16.5. The molecule has 3 rings (SSSR count). The maximum absolute atomic E-state index is 11.8. The molecule has 0 aliphatic heterocycles. The molecule has 0 fully saturated rings. The zero-order chi connectivity index (χ0) is 19.6. The highest BCUT2D eigenvalue weighted by Gasteiger charge is 2.23. The summed E-state index contributed by atoms with van der Waals surface area (Å²) in [5.74, 6) is 0.465. The van der Waals surface area contributed by atoms with Crippen LogP contribution in [0.25, 0.3) is 16.8 Å². The Morgan fingerprint density at radius 2 is 1.74 bits per heavy atom. The van der Waals surface area contributed by atoms with Gasteiger partial charge < -0.3 is 10.5 Å². The van der Waals surface area contributed by atoms with Crippen LogP contribution in [0, 0.1) is 12.8 Å². The molecule has 1 heterocycles. The molecule has 2 aromatic carbocycles. The topological polar surface area (TPSA) is 70.1 Å². The van der Waals surface area contributed by atoms with Crippen molar-refractivity contribution in [1.29, 1.82) is 0 Å². The monoisotopic (exact) mass is 363 g/mol. The highest BCUT2D eigenvalue weighted by Crippen LogP contribution is 2.37. The number of hydrogen-bond donors (Lipinski definition) is 1. The summed E-state index contributed by atoms with van der Waals surface area (Å²) in [7, 11) is 0. The number of ether oxygens (including phenoxy) is 1. The van der Waals surface area contributed by atoms with Crippen molar-refractivity contribution >= 4 is 11.7 Å². The van der Waals surface area contributed by atoms with Crippen LogP contribution in [0.4, 0.5) is 5.69 Å². The molecular weight excluding hydrogens is 338 g/mol. The van der Waals surface area contributed by atoms with Gasteiger partial charge in [-0.2, -0.15) is 9.78 Å². The van der Waals surface area contributed by atoms with E-state index in [4.69, 9.17) is 15.6 Å². The number of carbonyl (C=O) groups is 1. The van der Waals surface area contributed by atoms with E-state index in [0.29, 0.717) is 17.5 Å². The second kappa shape index (κ2) is 7.66. The number of nitrogens with zero attached hydrogens (tertiary/aromatic N) is 2. The maximum Gasteiger partial charge on any atom is 0.309 e. The molecule has 0 spiro atoms. The quantitative estimate of drug-likeness (QED) is 0.533. The van der Waals surface area contributed by atoms with Gasteiger partial charge in [0.2, 0.25) is 5.88 Å². The van der Waals surface area contributed by atoms with Gasteiger partial charge in [-0.25, -0.2) is 0 Å². The van der Waals surface area contributed by atoms with Crippen molar-refractivity contribution in [3.63, 3.8) is 0 Å². The summed E-state index contributed by atoms with van der Waals surface area (Å²) in [5, 5.41) is 4.81. The van der Waals surface area contributed by atoms with E-state index in [2.05, 4.69) is 13.8 Å². The van der Waals surface area contributed by atoms with E-state index in [1.54, 1.807) is 4.68 Å². The minimum Gasteiger partial charge on any atom is -0.407 e. The van der Waals surface area contributed by atoms with E-state index >= 15 is 0 Å². The first-order chi connectivity index (χ1) is 12.8. The predicted molar refractivity (Wildman–Crippen MR) is 108 cm³/mol. The number of esters is 1. The third-order valence-corrected chi connectivity index (χ3v) is 4.24. The molecule has 2 N–H and O–H groups in total. The number of anilines is 1. The molecule has 0 saturated carbocycles. The van der Waals surface area contributed by atoms with Crippen LogP contribution >= 0.6 is 0 Å². The van der Waals surface area contributed by atoms with Crippen molar-refractivity contribution in [3.05, 3.63) is 59.8 Å². The summed E-state index contributed by atoms with van der Waals surface area (Å²) in [4.78, 5) is 11.8. The Morgan fingerprint density at radius 1 is 1.11 bits per heavy atom. The normalized spacial score (nSPS) is 11.0. The fraction of sp³-hybridized carbons (Fsp3) is 0.273. The van der Waals surface area contributed by atoms with Gasteiger partial charge in [0.15, 0.2) is 0 Å². The second-order valence-corrected chi connectivity index (χ2v) is 7.19. The molecule has 0 radical (unpaired) electrons. The molecule has 0 atom stereocenters. The van der Waals surface area contributed by atoms with Gasteiger partial charge in [0, 0.05) is 12.6 Å². The van der Waals surface area contributed by atoms with Crippen LogP contribution in [0.15, 0.2) is 48.5 Å². The largest absolute Gasteiger partial charge is 0.407 e. The van der Waals surface area contributed by atoms with Crippen molar-refractivity contribution in [3.8, 4) is 22.7 Å². The summed E-state index contributed by atoms with van der Waals surface area (Å²) in [6.07, 6.45) is 0.771. The van der Waals surface area contributed by atoms with Crippen LogP contribution in [0.3, 0.4) is 0 Å². The van der Waals surface area contributed by atoms with E-state index in [-0.39, 0.29) is 5.97 Å². The van der Waals surface area contributed by atoms with E-state index in [9.17, 15) is 4.79 Å². The smallest absolute Gasteiger partial charge is 0.309 e. The third kappa shape index (κ3) is 4.19. The Bertz CT molecular complexity index is 939. The van der Waals surface area contributed by atoms with Crippen molar-refractivity contribution in [2.45, 2.75) is 34.1 Å². The van der Waals surface area contributed by atoms with Gasteiger partial charge in [-0.05, 0) is 49.1 Å². The zero-order valence-electron chi connectivity index (χ0n) is 16.2. The molecular formula is C22H25N3O2.